The Labute approximate surface area is 366 Å². The number of esters is 2. The highest BCUT2D eigenvalue weighted by atomic mass is 16.6. The minimum Gasteiger partial charge on any atom is -0.477 e. The summed E-state index contributed by atoms with van der Waals surface area (Å²) in [5, 5.41) is 9.63. The van der Waals surface area contributed by atoms with Gasteiger partial charge in [0.25, 0.3) is 0 Å². The lowest BCUT2D eigenvalue weighted by atomic mass is 10.1. The number of rotatable bonds is 40. The topological polar surface area (TPSA) is 99.1 Å². The van der Waals surface area contributed by atoms with Crippen LogP contribution >= 0.6 is 0 Å². The van der Waals surface area contributed by atoms with Gasteiger partial charge in [-0.1, -0.05) is 156 Å². The number of carbonyl (C=O) groups excluding carboxylic acids is 2. The normalized spacial score (nSPS) is 13.8. The molecule has 0 rings (SSSR count). The average Bonchev–Trinajstić information content (AvgIpc) is 3.21. The number of quaternary nitrogens is 1. The highest BCUT2D eigenvalue weighted by Gasteiger charge is 2.31. The van der Waals surface area contributed by atoms with Crippen LogP contribution in [-0.2, 0) is 28.6 Å². The number of nitrogens with zero attached hydrogens (tertiary/aromatic N) is 1. The van der Waals surface area contributed by atoms with Crippen molar-refractivity contribution in [1.82, 2.24) is 0 Å². The van der Waals surface area contributed by atoms with Crippen LogP contribution in [0.3, 0.4) is 0 Å². The van der Waals surface area contributed by atoms with Crippen molar-refractivity contribution in [3.05, 3.63) is 97.2 Å². The summed E-state index contributed by atoms with van der Waals surface area (Å²) >= 11 is 0. The fourth-order valence-corrected chi connectivity index (χ4v) is 6.20. The Kier molecular flexibility index (Phi) is 39.3. The van der Waals surface area contributed by atoms with E-state index in [2.05, 4.69) is 111 Å². The molecular weight excluding hydrogens is 751 g/mol. The van der Waals surface area contributed by atoms with E-state index in [-0.39, 0.29) is 42.7 Å². The molecule has 0 aliphatic rings. The van der Waals surface area contributed by atoms with Gasteiger partial charge in [0.1, 0.15) is 6.61 Å². The van der Waals surface area contributed by atoms with Gasteiger partial charge in [0.15, 0.2) is 12.1 Å². The number of carboxylic acids is 1. The lowest BCUT2D eigenvalue weighted by Crippen LogP contribution is -2.50. The van der Waals surface area contributed by atoms with E-state index in [9.17, 15) is 19.5 Å². The van der Waals surface area contributed by atoms with E-state index in [4.69, 9.17) is 14.2 Å². The SMILES string of the molecule is CC/C=C/C/C=C/C/C=C/C/C=C/C/C=C/CCCC(=O)OCC(COCCC(C(=O)O)[N+](C)(C)C)OC(=O)CCCCCCCCCCC/C=C/C/C=C/C/C=C/CC. The van der Waals surface area contributed by atoms with Gasteiger partial charge in [-0.25, -0.2) is 4.79 Å². The van der Waals surface area contributed by atoms with Crippen LogP contribution in [-0.4, -0.2) is 80.6 Å². The summed E-state index contributed by atoms with van der Waals surface area (Å²) in [5.41, 5.74) is 0. The smallest absolute Gasteiger partial charge is 0.362 e. The van der Waals surface area contributed by atoms with E-state index >= 15 is 0 Å². The Morgan fingerprint density at radius 1 is 0.500 bits per heavy atom. The number of likely N-dealkylation sites (N-methyl/N-ethyl adjacent to an activating group) is 1. The fourth-order valence-electron chi connectivity index (χ4n) is 6.20. The summed E-state index contributed by atoms with van der Waals surface area (Å²) < 4.78 is 17.2. The first-order valence-electron chi connectivity index (χ1n) is 23.3. The number of hydrogen-bond donors (Lipinski definition) is 1. The number of allylic oxidation sites excluding steroid dienone is 16. The van der Waals surface area contributed by atoms with Crippen LogP contribution in [0.4, 0.5) is 0 Å². The number of carbonyl (C=O) groups is 3. The van der Waals surface area contributed by atoms with Crippen LogP contribution in [0, 0.1) is 0 Å². The van der Waals surface area contributed by atoms with Gasteiger partial charge in [-0.15, -0.1) is 0 Å². The van der Waals surface area contributed by atoms with Crippen molar-refractivity contribution in [3.63, 3.8) is 0 Å². The van der Waals surface area contributed by atoms with Crippen molar-refractivity contribution in [2.24, 2.45) is 0 Å². The summed E-state index contributed by atoms with van der Waals surface area (Å²) in [4.78, 5) is 37.0. The molecule has 0 bridgehead atoms. The minimum atomic E-state index is -0.887. The van der Waals surface area contributed by atoms with E-state index in [1.165, 1.54) is 38.5 Å². The third-order valence-electron chi connectivity index (χ3n) is 9.73. The van der Waals surface area contributed by atoms with Crippen molar-refractivity contribution < 1.29 is 38.2 Å². The highest BCUT2D eigenvalue weighted by Crippen LogP contribution is 2.14. The maximum Gasteiger partial charge on any atom is 0.362 e. The molecule has 0 saturated carbocycles. The van der Waals surface area contributed by atoms with Crippen molar-refractivity contribution in [1.29, 1.82) is 0 Å². The van der Waals surface area contributed by atoms with Crippen LogP contribution in [0.25, 0.3) is 0 Å². The Bertz CT molecular complexity index is 1300. The van der Waals surface area contributed by atoms with Gasteiger partial charge >= 0.3 is 17.9 Å². The predicted molar refractivity (Wildman–Crippen MR) is 252 cm³/mol. The van der Waals surface area contributed by atoms with Crippen LogP contribution in [0.5, 0.6) is 0 Å². The second kappa shape index (κ2) is 42.0. The number of aliphatic carboxylic acids is 1. The molecule has 8 nitrogen and oxygen atoms in total. The molecule has 0 aromatic carbocycles. The monoisotopic (exact) mass is 837 g/mol. The van der Waals surface area contributed by atoms with Gasteiger partial charge in [-0.2, -0.15) is 0 Å². The molecule has 0 aromatic heterocycles. The van der Waals surface area contributed by atoms with Gasteiger partial charge in [0, 0.05) is 19.3 Å². The van der Waals surface area contributed by atoms with E-state index < -0.39 is 18.1 Å². The van der Waals surface area contributed by atoms with E-state index in [1.54, 1.807) is 0 Å². The van der Waals surface area contributed by atoms with Crippen LogP contribution < -0.4 is 0 Å². The molecule has 0 spiro atoms. The van der Waals surface area contributed by atoms with Crippen LogP contribution in [0.1, 0.15) is 162 Å². The van der Waals surface area contributed by atoms with Gasteiger partial charge in [-0.05, 0) is 83.5 Å². The molecule has 340 valence electrons. The molecule has 0 radical (unpaired) electrons. The molecule has 0 saturated heterocycles. The molecule has 2 unspecified atom stereocenters. The molecule has 60 heavy (non-hydrogen) atoms. The van der Waals surface area contributed by atoms with Crippen molar-refractivity contribution in [2.45, 2.75) is 174 Å². The number of ether oxygens (including phenoxy) is 3. The first-order valence-corrected chi connectivity index (χ1v) is 23.3. The molecular formula is C52H86NO7+. The lowest BCUT2D eigenvalue weighted by Gasteiger charge is -2.31. The Balaban J connectivity index is 4.42. The Hall–Kier alpha value is -3.75. The molecule has 0 fully saturated rings. The second-order valence-corrected chi connectivity index (χ2v) is 16.2. The molecule has 0 aromatic rings. The fraction of sp³-hybridized carbons (Fsp3) is 0.635. The largest absolute Gasteiger partial charge is 0.477 e. The summed E-state index contributed by atoms with van der Waals surface area (Å²) in [6.45, 7) is 4.43. The summed E-state index contributed by atoms with van der Waals surface area (Å²) in [7, 11) is 5.50. The van der Waals surface area contributed by atoms with E-state index in [0.29, 0.717) is 19.3 Å². The van der Waals surface area contributed by atoms with Crippen LogP contribution in [0.15, 0.2) is 97.2 Å². The first-order chi connectivity index (χ1) is 29.1. The number of unbranched alkanes of at least 4 members (excludes halogenated alkanes) is 10. The van der Waals surface area contributed by atoms with E-state index in [0.717, 1.165) is 83.5 Å². The maximum absolute atomic E-state index is 12.8. The van der Waals surface area contributed by atoms with E-state index in [1.807, 2.05) is 21.1 Å². The number of hydrogen-bond acceptors (Lipinski definition) is 6. The van der Waals surface area contributed by atoms with Gasteiger partial charge in [0.2, 0.25) is 0 Å². The summed E-state index contributed by atoms with van der Waals surface area (Å²) in [6.07, 6.45) is 56.0. The zero-order chi connectivity index (χ0) is 44.2. The lowest BCUT2D eigenvalue weighted by molar-refractivity contribution is -0.887. The molecule has 0 amide bonds. The molecule has 0 heterocycles. The minimum absolute atomic E-state index is 0.0351. The molecule has 0 aliphatic heterocycles. The quantitative estimate of drug-likeness (QED) is 0.0284. The standard InChI is InChI=1S/C52H85NO7/c1-6-8-10-12-14-16-18-20-22-24-25-27-29-31-33-35-37-39-41-43-51(55)60-48(46-58-45-44-49(52(56)57)53(3,4)5)47-59-50(54)42-40-38-36-34-32-30-28-26-23-21-19-17-15-13-11-9-7-2/h8-11,14-17,20-23,28,30,34,36,48-49H,6-7,12-13,18-19,24-27,29,31-33,35,37-47H2,1-5H3/p+1/b10-8+,11-9+,16-14+,17-15+,22-20+,23-21+,30-28+,36-34+. The molecule has 2 atom stereocenters. The van der Waals surface area contributed by atoms with Crippen molar-refractivity contribution >= 4 is 17.9 Å². The van der Waals surface area contributed by atoms with Crippen molar-refractivity contribution in [3.8, 4) is 0 Å². The first kappa shape index (κ1) is 56.2. The maximum atomic E-state index is 12.8. The zero-order valence-electron chi connectivity index (χ0n) is 38.6. The zero-order valence-corrected chi connectivity index (χ0v) is 38.6. The Morgan fingerprint density at radius 2 is 0.900 bits per heavy atom. The van der Waals surface area contributed by atoms with Gasteiger partial charge < -0.3 is 23.8 Å². The summed E-state index contributed by atoms with van der Waals surface area (Å²) in [5.74, 6) is -1.56. The molecule has 8 heteroatoms. The number of carboxylic acid groups (broad SMARTS) is 1. The molecule has 1 N–H and O–H groups in total. The summed E-state index contributed by atoms with van der Waals surface area (Å²) in [6, 6.07) is -0.630. The third kappa shape index (κ3) is 39.7. The van der Waals surface area contributed by atoms with Crippen molar-refractivity contribution in [2.75, 3.05) is 41.0 Å². The predicted octanol–water partition coefficient (Wildman–Crippen LogP) is 13.1. The average molecular weight is 837 g/mol. The third-order valence-corrected chi connectivity index (χ3v) is 9.73. The second-order valence-electron chi connectivity index (χ2n) is 16.2. The van der Waals surface area contributed by atoms with Gasteiger partial charge in [-0.3, -0.25) is 9.59 Å². The van der Waals surface area contributed by atoms with Crippen LogP contribution in [0.2, 0.25) is 0 Å². The van der Waals surface area contributed by atoms with Gasteiger partial charge in [0.05, 0.1) is 34.4 Å². The highest BCUT2D eigenvalue weighted by molar-refractivity contribution is 5.72. The molecule has 0 aliphatic carbocycles. The Morgan fingerprint density at radius 3 is 1.35 bits per heavy atom.